The number of benzene rings is 1. The molecule has 2 N–H and O–H groups in total. The Bertz CT molecular complexity index is 744. The van der Waals surface area contributed by atoms with Gasteiger partial charge in [-0.1, -0.05) is 29.3 Å². The van der Waals surface area contributed by atoms with Crippen LogP contribution in [0.15, 0.2) is 23.6 Å². The summed E-state index contributed by atoms with van der Waals surface area (Å²) in [6, 6.07) is 3.25. The topological polar surface area (TPSA) is 71.1 Å². The van der Waals surface area contributed by atoms with E-state index in [9.17, 15) is 22.8 Å². The summed E-state index contributed by atoms with van der Waals surface area (Å²) in [7, 11) is 0. The Morgan fingerprint density at radius 1 is 1.17 bits per heavy atom. The van der Waals surface area contributed by atoms with Gasteiger partial charge in [-0.25, -0.2) is 9.78 Å². The van der Waals surface area contributed by atoms with Gasteiger partial charge in [-0.15, -0.1) is 11.3 Å². The lowest BCUT2D eigenvalue weighted by atomic mass is 10.2. The summed E-state index contributed by atoms with van der Waals surface area (Å²) >= 11 is 12.2. The minimum absolute atomic E-state index is 0.0245. The number of urea groups is 1. The van der Waals surface area contributed by atoms with E-state index in [0.717, 1.165) is 5.38 Å². The standard InChI is InChI=1S/C12H6Cl2F3N3O2S/c13-5-2-1-3-6(14)8(5)9(21)19-10(22)20-11-18-7(4-23-11)12(15,16)17/h1-4H,(H2,18,19,20,21,22). The lowest BCUT2D eigenvalue weighted by Gasteiger charge is -2.07. The second-order valence-corrected chi connectivity index (χ2v) is 5.71. The third-order valence-electron chi connectivity index (χ3n) is 2.43. The maximum atomic E-state index is 12.4. The van der Waals surface area contributed by atoms with E-state index in [2.05, 4.69) is 4.98 Å². The van der Waals surface area contributed by atoms with E-state index in [-0.39, 0.29) is 20.7 Å². The number of amides is 3. The fraction of sp³-hybridized carbons (Fsp3) is 0.0833. The third kappa shape index (κ3) is 4.34. The maximum Gasteiger partial charge on any atom is 0.434 e. The first kappa shape index (κ1) is 17.5. The summed E-state index contributed by atoms with van der Waals surface area (Å²) in [5, 5.41) is 4.40. The molecule has 0 spiro atoms. The number of halogens is 5. The number of nitrogens with one attached hydrogen (secondary N) is 2. The molecule has 11 heteroatoms. The number of thiazole rings is 1. The predicted octanol–water partition coefficient (Wildman–Crippen LogP) is 4.43. The highest BCUT2D eigenvalue weighted by Gasteiger charge is 2.34. The average molecular weight is 384 g/mol. The van der Waals surface area contributed by atoms with Crippen molar-refractivity contribution in [2.75, 3.05) is 5.32 Å². The van der Waals surface area contributed by atoms with Crippen LogP contribution in [-0.2, 0) is 6.18 Å². The number of carbonyl (C=O) groups is 2. The van der Waals surface area contributed by atoms with Gasteiger partial charge in [-0.05, 0) is 12.1 Å². The smallest absolute Gasteiger partial charge is 0.283 e. The van der Waals surface area contributed by atoms with E-state index < -0.39 is 23.8 Å². The Hall–Kier alpha value is -1.84. The zero-order valence-corrected chi connectivity index (χ0v) is 13.2. The normalized spacial score (nSPS) is 11.2. The number of alkyl halides is 3. The van der Waals surface area contributed by atoms with Crippen molar-refractivity contribution in [2.45, 2.75) is 6.18 Å². The van der Waals surface area contributed by atoms with E-state index in [1.807, 2.05) is 10.6 Å². The number of imide groups is 1. The van der Waals surface area contributed by atoms with Crippen LogP contribution in [0.5, 0.6) is 0 Å². The Balaban J connectivity index is 2.05. The molecule has 5 nitrogen and oxygen atoms in total. The van der Waals surface area contributed by atoms with Crippen LogP contribution in [-0.4, -0.2) is 16.9 Å². The molecule has 1 heterocycles. The Morgan fingerprint density at radius 3 is 2.30 bits per heavy atom. The zero-order chi connectivity index (χ0) is 17.2. The van der Waals surface area contributed by atoms with Gasteiger partial charge >= 0.3 is 12.2 Å². The highest BCUT2D eigenvalue weighted by Crippen LogP contribution is 2.31. The van der Waals surface area contributed by atoms with E-state index in [4.69, 9.17) is 23.2 Å². The Morgan fingerprint density at radius 2 is 1.78 bits per heavy atom. The van der Waals surface area contributed by atoms with Gasteiger partial charge in [0.25, 0.3) is 5.91 Å². The number of aromatic nitrogens is 1. The second-order valence-electron chi connectivity index (χ2n) is 4.04. The second kappa shape index (κ2) is 6.73. The quantitative estimate of drug-likeness (QED) is 0.805. The van der Waals surface area contributed by atoms with Crippen LogP contribution in [0.4, 0.5) is 23.1 Å². The molecule has 2 aromatic rings. The van der Waals surface area contributed by atoms with E-state index >= 15 is 0 Å². The summed E-state index contributed by atoms with van der Waals surface area (Å²) in [5.74, 6) is -0.897. The highest BCUT2D eigenvalue weighted by atomic mass is 35.5. The third-order valence-corrected chi connectivity index (χ3v) is 3.82. The summed E-state index contributed by atoms with van der Waals surface area (Å²) in [5.41, 5.74) is -1.26. The molecule has 122 valence electrons. The molecule has 0 fully saturated rings. The van der Waals surface area contributed by atoms with Crippen molar-refractivity contribution in [2.24, 2.45) is 0 Å². The molecule has 0 saturated heterocycles. The Labute approximate surface area is 141 Å². The maximum absolute atomic E-state index is 12.4. The zero-order valence-electron chi connectivity index (χ0n) is 10.9. The number of rotatable bonds is 2. The molecule has 0 radical (unpaired) electrons. The molecule has 1 aromatic heterocycles. The first-order chi connectivity index (χ1) is 10.7. The molecular weight excluding hydrogens is 378 g/mol. The molecule has 0 unspecified atom stereocenters. The highest BCUT2D eigenvalue weighted by molar-refractivity contribution is 7.13. The van der Waals surface area contributed by atoms with Crippen LogP contribution in [0, 0.1) is 0 Å². The first-order valence-electron chi connectivity index (χ1n) is 5.77. The molecule has 0 aliphatic heterocycles. The molecule has 1 aromatic carbocycles. The predicted molar refractivity (Wildman–Crippen MR) is 80.1 cm³/mol. The number of hydrogen-bond donors (Lipinski definition) is 2. The van der Waals surface area contributed by atoms with Crippen molar-refractivity contribution in [1.82, 2.24) is 10.3 Å². The van der Waals surface area contributed by atoms with Crippen LogP contribution in [0.1, 0.15) is 16.1 Å². The molecule has 0 aliphatic carbocycles. The van der Waals surface area contributed by atoms with Crippen molar-refractivity contribution in [1.29, 1.82) is 0 Å². The number of hydrogen-bond acceptors (Lipinski definition) is 4. The van der Waals surface area contributed by atoms with Crippen molar-refractivity contribution >= 4 is 51.6 Å². The molecule has 23 heavy (non-hydrogen) atoms. The van der Waals surface area contributed by atoms with Gasteiger partial charge in [0.1, 0.15) is 0 Å². The summed E-state index contributed by atoms with van der Waals surface area (Å²) < 4.78 is 37.2. The van der Waals surface area contributed by atoms with Gasteiger partial charge in [0.05, 0.1) is 15.6 Å². The van der Waals surface area contributed by atoms with E-state index in [1.54, 1.807) is 0 Å². The minimum Gasteiger partial charge on any atom is -0.283 e. The minimum atomic E-state index is -4.62. The van der Waals surface area contributed by atoms with E-state index in [1.165, 1.54) is 18.2 Å². The van der Waals surface area contributed by atoms with Crippen LogP contribution in [0.2, 0.25) is 10.0 Å². The van der Waals surface area contributed by atoms with Gasteiger partial charge in [-0.2, -0.15) is 13.2 Å². The Kier molecular flexibility index (Phi) is 5.12. The molecule has 3 amide bonds. The van der Waals surface area contributed by atoms with E-state index in [0.29, 0.717) is 11.3 Å². The van der Waals surface area contributed by atoms with Crippen LogP contribution in [0.3, 0.4) is 0 Å². The molecule has 0 aliphatic rings. The lowest BCUT2D eigenvalue weighted by molar-refractivity contribution is -0.140. The van der Waals surface area contributed by atoms with Gasteiger partial charge in [0.2, 0.25) is 0 Å². The van der Waals surface area contributed by atoms with Crippen molar-refractivity contribution < 1.29 is 22.8 Å². The van der Waals surface area contributed by atoms with Crippen LogP contribution >= 0.6 is 34.5 Å². The largest absolute Gasteiger partial charge is 0.434 e. The van der Waals surface area contributed by atoms with Crippen molar-refractivity contribution in [3.63, 3.8) is 0 Å². The van der Waals surface area contributed by atoms with Crippen LogP contribution < -0.4 is 10.6 Å². The average Bonchev–Trinajstić information content (AvgIpc) is 2.86. The van der Waals surface area contributed by atoms with Gasteiger partial charge in [0.15, 0.2) is 10.8 Å². The van der Waals surface area contributed by atoms with Gasteiger partial charge in [0, 0.05) is 5.38 Å². The lowest BCUT2D eigenvalue weighted by Crippen LogP contribution is -2.34. The molecule has 0 atom stereocenters. The monoisotopic (exact) mass is 383 g/mol. The van der Waals surface area contributed by atoms with Crippen molar-refractivity contribution in [3.05, 3.63) is 44.9 Å². The van der Waals surface area contributed by atoms with Gasteiger partial charge < -0.3 is 0 Å². The molecule has 0 bridgehead atoms. The number of nitrogens with zero attached hydrogens (tertiary/aromatic N) is 1. The van der Waals surface area contributed by atoms with Gasteiger partial charge in [-0.3, -0.25) is 15.4 Å². The van der Waals surface area contributed by atoms with Crippen LogP contribution in [0.25, 0.3) is 0 Å². The summed E-state index contributed by atoms with van der Waals surface area (Å²) in [6.07, 6.45) is -4.62. The summed E-state index contributed by atoms with van der Waals surface area (Å²) in [6.45, 7) is 0. The fourth-order valence-corrected chi connectivity index (χ4v) is 2.75. The molecule has 2 rings (SSSR count). The number of carbonyl (C=O) groups excluding carboxylic acids is 2. The first-order valence-corrected chi connectivity index (χ1v) is 7.41. The number of anilines is 1. The fourth-order valence-electron chi connectivity index (χ4n) is 1.47. The molecular formula is C12H6Cl2F3N3O2S. The van der Waals surface area contributed by atoms with Crippen molar-refractivity contribution in [3.8, 4) is 0 Å². The SMILES string of the molecule is O=C(NC(=O)c1c(Cl)cccc1Cl)Nc1nc(C(F)(F)F)cs1. The molecule has 0 saturated carbocycles. The summed E-state index contributed by atoms with van der Waals surface area (Å²) in [4.78, 5) is 26.7.